The molecule has 0 amide bonds. The molecule has 1 N–H and O–H groups in total. The summed E-state index contributed by atoms with van der Waals surface area (Å²) >= 11 is 0. The van der Waals surface area contributed by atoms with Crippen molar-refractivity contribution in [2.24, 2.45) is 0 Å². The number of para-hydroxylation sites is 1. The van der Waals surface area contributed by atoms with Gasteiger partial charge < -0.3 is 9.52 Å². The molecule has 0 spiro atoms. The maximum absolute atomic E-state index is 12.7. The molecule has 0 aliphatic rings. The van der Waals surface area contributed by atoms with E-state index in [-0.39, 0.29) is 49.5 Å². The maximum atomic E-state index is 12.7. The molecule has 6 heteroatoms. The van der Waals surface area contributed by atoms with Crippen molar-refractivity contribution in [3.63, 3.8) is 0 Å². The number of rotatable bonds is 6. The number of phenols is 1. The molecular weight excluding hydrogens is 1060 g/mol. The van der Waals surface area contributed by atoms with E-state index in [0.29, 0.717) is 17.0 Å². The molecule has 0 bridgehead atoms. The van der Waals surface area contributed by atoms with Crippen LogP contribution in [0.1, 0.15) is 103 Å². The summed E-state index contributed by atoms with van der Waals surface area (Å²) < 4.78 is 8.99. The van der Waals surface area contributed by atoms with Crippen molar-refractivity contribution < 1.29 is 30.6 Å². The van der Waals surface area contributed by atoms with Gasteiger partial charge in [0, 0.05) is 32.2 Å². The van der Waals surface area contributed by atoms with Gasteiger partial charge in [0.2, 0.25) is 0 Å². The average Bonchev–Trinajstić information content (AvgIpc) is 3.93. The van der Waals surface area contributed by atoms with E-state index >= 15 is 0 Å². The third kappa shape index (κ3) is 7.54. The van der Waals surface area contributed by atoms with E-state index in [0.717, 1.165) is 93.3 Å². The molecule has 0 radical (unpaired) electrons. The Balaban J connectivity index is 0.00000560. The van der Waals surface area contributed by atoms with Gasteiger partial charge in [0.1, 0.15) is 17.2 Å². The average molecular weight is 1120 g/mol. The molecule has 3 aromatic heterocycles. The van der Waals surface area contributed by atoms with Gasteiger partial charge in [0.25, 0.3) is 0 Å². The van der Waals surface area contributed by atoms with E-state index in [1.165, 1.54) is 27.6 Å². The van der Waals surface area contributed by atoms with Crippen molar-refractivity contribution in [1.29, 1.82) is 0 Å². The Hall–Kier alpha value is -7.07. The van der Waals surface area contributed by atoms with Crippen LogP contribution in [0.3, 0.4) is 0 Å². The Morgan fingerprint density at radius 3 is 1.90 bits per heavy atom. The minimum Gasteiger partial charge on any atom is -0.507 e. The SMILES string of the molecule is CC(C)c1cc(-c2ccccc2)cc(C(C)C)c1-n1c(-c2cc(C(C)(C)C)cc(C(C)(C)C)c2O)nc2c(-c3ccc4c5ccccc5c5cc6c([c-]c5c4n3)oc3ccc4ccccc4c36)cccc21.[Pt]. The predicted octanol–water partition coefficient (Wildman–Crippen LogP) is 18.3. The van der Waals surface area contributed by atoms with Gasteiger partial charge in [-0.15, -0.1) is 11.5 Å². The van der Waals surface area contributed by atoms with E-state index < -0.39 is 0 Å². The number of imidazole rings is 1. The Labute approximate surface area is 435 Å². The molecule has 0 saturated heterocycles. The number of nitrogens with zero attached hydrogens (tertiary/aromatic N) is 3. The van der Waals surface area contributed by atoms with Crippen LogP contribution in [0.5, 0.6) is 5.75 Å². The molecule has 9 aromatic carbocycles. The second-order valence-corrected chi connectivity index (χ2v) is 22.2. The van der Waals surface area contributed by atoms with Gasteiger partial charge in [-0.1, -0.05) is 201 Å². The maximum Gasteiger partial charge on any atom is 0.149 e. The van der Waals surface area contributed by atoms with E-state index in [1.54, 1.807) is 0 Å². The van der Waals surface area contributed by atoms with E-state index in [1.807, 2.05) is 0 Å². The first-order valence-electron chi connectivity index (χ1n) is 25.1. The summed E-state index contributed by atoms with van der Waals surface area (Å²) in [5, 5.41) is 22.5. The fraction of sp³-hybridized carbons (Fsp3) is 0.212. The van der Waals surface area contributed by atoms with E-state index in [2.05, 4.69) is 232 Å². The van der Waals surface area contributed by atoms with Gasteiger partial charge in [-0.25, -0.2) is 4.98 Å². The standard InChI is InChI=1S/C66H58N3O2.Pt/c1-37(2)48-31-41(39-19-12-11-13-20-39)32-49(38(3)4)62(48)69-56-26-18-25-47(61(56)68-64(69)53-33-42(65(5,6)7)34-54(63(53)70)66(8,9)10)55-29-28-46-44-23-16-17-24-45(44)50-35-52-58(36-51(50)60(46)67-55)71-57-30-27-40-21-14-15-22-43(40)59(52)57;/h11-35,37-38,70H,1-10H3;/q-1;. The molecule has 72 heavy (non-hydrogen) atoms. The number of hydrogen-bond donors (Lipinski definition) is 1. The second kappa shape index (κ2) is 17.3. The molecule has 0 aliphatic heterocycles. The van der Waals surface area contributed by atoms with Gasteiger partial charge in [-0.2, -0.15) is 0 Å². The van der Waals surface area contributed by atoms with Crippen molar-refractivity contribution in [2.75, 3.05) is 0 Å². The molecule has 360 valence electrons. The Morgan fingerprint density at radius 1 is 0.556 bits per heavy atom. The summed E-state index contributed by atoms with van der Waals surface area (Å²) in [4.78, 5) is 11.4. The number of phenolic OH excluding ortho intramolecular Hbond substituents is 1. The van der Waals surface area contributed by atoms with Crippen molar-refractivity contribution in [1.82, 2.24) is 14.5 Å². The monoisotopic (exact) mass is 1120 g/mol. The minimum absolute atomic E-state index is 0. The topological polar surface area (TPSA) is 64.1 Å². The van der Waals surface area contributed by atoms with Crippen LogP contribution in [0.15, 0.2) is 156 Å². The third-order valence-electron chi connectivity index (χ3n) is 14.8. The second-order valence-electron chi connectivity index (χ2n) is 22.2. The summed E-state index contributed by atoms with van der Waals surface area (Å²) in [6.45, 7) is 22.4. The fourth-order valence-electron chi connectivity index (χ4n) is 11.0. The summed E-state index contributed by atoms with van der Waals surface area (Å²) in [6, 6.07) is 58.0. The molecule has 0 fully saturated rings. The van der Waals surface area contributed by atoms with Crippen LogP contribution < -0.4 is 0 Å². The zero-order valence-corrected chi connectivity index (χ0v) is 44.9. The zero-order chi connectivity index (χ0) is 49.2. The normalized spacial score (nSPS) is 12.5. The number of benzene rings is 9. The first-order valence-corrected chi connectivity index (χ1v) is 25.1. The Morgan fingerprint density at radius 2 is 1.22 bits per heavy atom. The fourth-order valence-corrected chi connectivity index (χ4v) is 11.0. The summed E-state index contributed by atoms with van der Waals surface area (Å²) in [6.07, 6.45) is 0. The minimum atomic E-state index is -0.341. The van der Waals surface area contributed by atoms with E-state index in [9.17, 15) is 5.11 Å². The number of hydrogen-bond acceptors (Lipinski definition) is 4. The van der Waals surface area contributed by atoms with Crippen LogP contribution in [-0.2, 0) is 31.9 Å². The number of fused-ring (bicyclic) bond motifs is 12. The third-order valence-corrected chi connectivity index (χ3v) is 14.8. The van der Waals surface area contributed by atoms with Gasteiger partial charge in [-0.05, 0) is 119 Å². The van der Waals surface area contributed by atoms with Crippen LogP contribution in [0, 0.1) is 6.07 Å². The van der Waals surface area contributed by atoms with Crippen molar-refractivity contribution in [3.05, 3.63) is 180 Å². The van der Waals surface area contributed by atoms with Gasteiger partial charge in [0.15, 0.2) is 0 Å². The van der Waals surface area contributed by atoms with E-state index in [4.69, 9.17) is 14.4 Å². The molecule has 0 aliphatic carbocycles. The predicted molar refractivity (Wildman–Crippen MR) is 299 cm³/mol. The van der Waals surface area contributed by atoms with Crippen LogP contribution in [0.25, 0.3) is 116 Å². The number of aromatic hydroxyl groups is 1. The molecule has 3 heterocycles. The number of aromatic nitrogens is 3. The van der Waals surface area contributed by atoms with Crippen molar-refractivity contribution in [3.8, 4) is 45.2 Å². The molecule has 12 aromatic rings. The van der Waals surface area contributed by atoms with Crippen molar-refractivity contribution >= 4 is 76.2 Å². The molecule has 12 rings (SSSR count). The quantitative estimate of drug-likeness (QED) is 0.133. The number of pyridine rings is 1. The number of furan rings is 1. The van der Waals surface area contributed by atoms with Crippen LogP contribution >= 0.6 is 0 Å². The molecule has 0 unspecified atom stereocenters. The molecule has 0 saturated carbocycles. The Bertz CT molecular complexity index is 4120. The van der Waals surface area contributed by atoms with Crippen LogP contribution in [-0.4, -0.2) is 19.6 Å². The zero-order valence-electron chi connectivity index (χ0n) is 42.6. The first kappa shape index (κ1) is 47.3. The summed E-state index contributed by atoms with van der Waals surface area (Å²) in [7, 11) is 0. The van der Waals surface area contributed by atoms with Crippen LogP contribution in [0.2, 0.25) is 0 Å². The largest absolute Gasteiger partial charge is 0.507 e. The Kier molecular flexibility index (Phi) is 11.4. The summed E-state index contributed by atoms with van der Waals surface area (Å²) in [5.74, 6) is 1.28. The van der Waals surface area contributed by atoms with Crippen LogP contribution in [0.4, 0.5) is 0 Å². The molecule has 0 atom stereocenters. The molecule has 5 nitrogen and oxygen atoms in total. The van der Waals surface area contributed by atoms with Gasteiger partial charge >= 0.3 is 0 Å². The smallest absolute Gasteiger partial charge is 0.149 e. The summed E-state index contributed by atoms with van der Waals surface area (Å²) in [5.41, 5.74) is 14.0. The molecular formula is C66H58N3O2Pt-. The first-order chi connectivity index (χ1) is 34.0. The van der Waals surface area contributed by atoms with Gasteiger partial charge in [0.05, 0.1) is 33.6 Å². The van der Waals surface area contributed by atoms with Crippen molar-refractivity contribution in [2.45, 2.75) is 91.9 Å². The van der Waals surface area contributed by atoms with Gasteiger partial charge in [-0.3, -0.25) is 9.55 Å².